The van der Waals surface area contributed by atoms with E-state index in [1.54, 1.807) is 42.2 Å². The van der Waals surface area contributed by atoms with Crippen LogP contribution in [0.1, 0.15) is 40.5 Å². The van der Waals surface area contributed by atoms with Gasteiger partial charge in [0.2, 0.25) is 0 Å². The van der Waals surface area contributed by atoms with Crippen molar-refractivity contribution in [2.24, 2.45) is 5.92 Å². The van der Waals surface area contributed by atoms with Crippen molar-refractivity contribution >= 4 is 13.7 Å². The van der Waals surface area contributed by atoms with Crippen molar-refractivity contribution in [3.8, 4) is 5.75 Å². The molecule has 1 fully saturated rings. The smallest absolute Gasteiger partial charge is 0.462 e. The largest absolute Gasteiger partial charge is 0.480 e. The highest BCUT2D eigenvalue weighted by Crippen LogP contribution is 2.54. The molecule has 6 atom stereocenters. The molecular weight excluding hydrogens is 463 g/mol. The molecule has 1 saturated heterocycles. The number of aliphatic hydroxyl groups is 3. The van der Waals surface area contributed by atoms with Gasteiger partial charge < -0.3 is 24.9 Å². The summed E-state index contributed by atoms with van der Waals surface area (Å²) < 4.78 is 27.1. The fourth-order valence-electron chi connectivity index (χ4n) is 4.20. The summed E-state index contributed by atoms with van der Waals surface area (Å²) in [5, 5.41) is 40.8. The maximum Gasteiger partial charge on any atom is 0.462 e. The van der Waals surface area contributed by atoms with Crippen LogP contribution in [0.2, 0.25) is 0 Å². The third-order valence-electron chi connectivity index (χ3n) is 5.89. The molecule has 10 nitrogen and oxygen atoms in total. The number of nitrogens with zero attached hydrogens (tertiary/aromatic N) is 2. The number of carbonyl (C=O) groups is 1. The van der Waals surface area contributed by atoms with Gasteiger partial charge in [0.1, 0.15) is 24.0 Å². The molecule has 0 amide bonds. The van der Waals surface area contributed by atoms with E-state index in [4.69, 9.17) is 9.05 Å². The number of hydrogen-bond acceptors (Lipinski definition) is 8. The lowest BCUT2D eigenvalue weighted by Crippen LogP contribution is -2.62. The van der Waals surface area contributed by atoms with Gasteiger partial charge in [-0.1, -0.05) is 45.9 Å². The minimum atomic E-state index is -4.22. The average molecular weight is 503 g/mol. The quantitative estimate of drug-likeness (QED) is 0.297. The maximum atomic E-state index is 14.2. The van der Waals surface area contributed by atoms with Crippen molar-refractivity contribution in [2.45, 2.75) is 70.9 Å². The van der Waals surface area contributed by atoms with Gasteiger partial charge in [-0.3, -0.25) is 14.2 Å². The Kier molecular flexibility index (Phi) is 11.0. The highest BCUT2D eigenvalue weighted by atomic mass is 31.2. The van der Waals surface area contributed by atoms with Crippen LogP contribution < -0.4 is 4.52 Å². The third kappa shape index (κ3) is 7.24. The Morgan fingerprint density at radius 1 is 1.18 bits per heavy atom. The van der Waals surface area contributed by atoms with Gasteiger partial charge in [0.25, 0.3) is 0 Å². The monoisotopic (exact) mass is 502 g/mol. The summed E-state index contributed by atoms with van der Waals surface area (Å²) in [7, 11) is -4.22. The van der Waals surface area contributed by atoms with E-state index in [-0.39, 0.29) is 37.8 Å². The molecule has 0 spiro atoms. The molecule has 0 aromatic heterocycles. The molecule has 0 radical (unpaired) electrons. The second kappa shape index (κ2) is 13.0. The molecule has 1 aliphatic heterocycles. The minimum absolute atomic E-state index is 0.0113. The minimum Gasteiger partial charge on any atom is -0.480 e. The van der Waals surface area contributed by atoms with Crippen LogP contribution in [0, 0.1) is 5.92 Å². The van der Waals surface area contributed by atoms with Gasteiger partial charge in [0.15, 0.2) is 0 Å². The molecule has 4 N–H and O–H groups in total. The fraction of sp³-hybridized carbons (Fsp3) is 0.696. The van der Waals surface area contributed by atoms with Crippen LogP contribution in [0.3, 0.4) is 0 Å². The summed E-state index contributed by atoms with van der Waals surface area (Å²) in [6, 6.07) is 6.48. The molecule has 194 valence electrons. The van der Waals surface area contributed by atoms with E-state index in [9.17, 15) is 29.8 Å². The van der Waals surface area contributed by atoms with Crippen LogP contribution in [0.15, 0.2) is 30.3 Å². The van der Waals surface area contributed by atoms with Gasteiger partial charge in [-0.2, -0.15) is 4.67 Å². The van der Waals surface area contributed by atoms with Gasteiger partial charge in [0.05, 0.1) is 18.8 Å². The van der Waals surface area contributed by atoms with Gasteiger partial charge >= 0.3 is 13.7 Å². The lowest BCUT2D eigenvalue weighted by atomic mass is 9.94. The van der Waals surface area contributed by atoms with Gasteiger partial charge in [-0.25, -0.2) is 4.57 Å². The van der Waals surface area contributed by atoms with Gasteiger partial charge in [-0.15, -0.1) is 0 Å². The lowest BCUT2D eigenvalue weighted by molar-refractivity contribution is -0.145. The van der Waals surface area contributed by atoms with Crippen molar-refractivity contribution in [3.05, 3.63) is 30.3 Å². The maximum absolute atomic E-state index is 14.2. The molecule has 0 aliphatic carbocycles. The van der Waals surface area contributed by atoms with Crippen LogP contribution in [0.5, 0.6) is 5.75 Å². The summed E-state index contributed by atoms with van der Waals surface area (Å²) in [6.45, 7) is 7.80. The Labute approximate surface area is 201 Å². The van der Waals surface area contributed by atoms with Crippen molar-refractivity contribution in [3.63, 3.8) is 0 Å². The molecule has 34 heavy (non-hydrogen) atoms. The topological polar surface area (TPSA) is 140 Å². The van der Waals surface area contributed by atoms with E-state index in [1.807, 2.05) is 20.8 Å². The number of piperidine rings is 1. The zero-order valence-electron chi connectivity index (χ0n) is 20.4. The van der Waals surface area contributed by atoms with Crippen LogP contribution in [-0.4, -0.2) is 92.6 Å². The number of aliphatic carboxylic acids is 1. The summed E-state index contributed by atoms with van der Waals surface area (Å²) in [5.41, 5.74) is 0. The lowest BCUT2D eigenvalue weighted by Gasteiger charge is -2.44. The number of benzene rings is 1. The molecule has 0 saturated carbocycles. The highest BCUT2D eigenvalue weighted by Gasteiger charge is 2.46. The standard InChI is InChI=1S/C23H39N2O8P/c1-5-12-24-14-20(26)22(28)21(27)19(24)15-32-34(31,33-17-10-8-7-9-11-17)25(6-2)18(23(29)30)13-16(3)4/h7-11,16,18-22,26-28H,5-6,12-15H2,1-4H3,(H,29,30)/t18-,19+,20-,21+,22+,34?/m0/s1. The normalized spacial score (nSPS) is 26.4. The number of rotatable bonds is 13. The number of aliphatic hydroxyl groups excluding tert-OH is 3. The number of likely N-dealkylation sites (tertiary alicyclic amines) is 1. The van der Waals surface area contributed by atoms with E-state index in [1.165, 1.54) is 4.67 Å². The second-order valence-electron chi connectivity index (χ2n) is 9.02. The molecule has 1 aliphatic rings. The van der Waals surface area contributed by atoms with E-state index in [0.29, 0.717) is 6.54 Å². The molecule has 1 heterocycles. The molecule has 11 heteroatoms. The average Bonchev–Trinajstić information content (AvgIpc) is 2.77. The first-order chi connectivity index (χ1) is 16.0. The highest BCUT2D eigenvalue weighted by molar-refractivity contribution is 7.51. The first-order valence-electron chi connectivity index (χ1n) is 11.8. The van der Waals surface area contributed by atoms with Crippen molar-refractivity contribution in [2.75, 3.05) is 26.2 Å². The number of carboxylic acids is 1. The summed E-state index contributed by atoms with van der Waals surface area (Å²) >= 11 is 0. The molecular formula is C23H39N2O8P. The Morgan fingerprint density at radius 2 is 1.82 bits per heavy atom. The van der Waals surface area contributed by atoms with E-state index < -0.39 is 44.1 Å². The van der Waals surface area contributed by atoms with Crippen molar-refractivity contribution in [1.29, 1.82) is 0 Å². The Hall–Kier alpha value is -1.52. The third-order valence-corrected chi connectivity index (χ3v) is 8.00. The zero-order chi connectivity index (χ0) is 25.5. The molecule has 1 aromatic rings. The predicted molar refractivity (Wildman–Crippen MR) is 128 cm³/mol. The first-order valence-corrected chi connectivity index (χ1v) is 13.3. The van der Waals surface area contributed by atoms with E-state index in [0.717, 1.165) is 6.42 Å². The number of likely N-dealkylation sites (N-methyl/N-ethyl adjacent to an activating group) is 1. The summed E-state index contributed by atoms with van der Waals surface area (Å²) in [6.07, 6.45) is -2.90. The van der Waals surface area contributed by atoms with Gasteiger partial charge in [-0.05, 0) is 37.4 Å². The van der Waals surface area contributed by atoms with Crippen LogP contribution >= 0.6 is 7.75 Å². The second-order valence-corrected chi connectivity index (χ2v) is 10.9. The van der Waals surface area contributed by atoms with E-state index >= 15 is 0 Å². The van der Waals surface area contributed by atoms with E-state index in [2.05, 4.69) is 0 Å². The number of hydrogen-bond donors (Lipinski definition) is 4. The molecule has 2 rings (SSSR count). The number of para-hydroxylation sites is 1. The predicted octanol–water partition coefficient (Wildman–Crippen LogP) is 2.19. The molecule has 1 unspecified atom stereocenters. The zero-order valence-corrected chi connectivity index (χ0v) is 21.3. The van der Waals surface area contributed by atoms with Crippen molar-refractivity contribution < 1.29 is 38.8 Å². The van der Waals surface area contributed by atoms with Crippen molar-refractivity contribution in [1.82, 2.24) is 9.57 Å². The SMILES string of the molecule is CCCN1C[C@H](O)[C@@H](O)[C@H](O)[C@H]1COP(=O)(Oc1ccccc1)N(CC)[C@@H](CC(C)C)C(=O)O. The summed E-state index contributed by atoms with van der Waals surface area (Å²) in [4.78, 5) is 13.9. The molecule has 0 bridgehead atoms. The Balaban J connectivity index is 2.38. The molecule has 1 aromatic carbocycles. The van der Waals surface area contributed by atoms with Crippen LogP contribution in [0.4, 0.5) is 0 Å². The first kappa shape index (κ1) is 28.7. The Bertz CT molecular complexity index is 811. The fourth-order valence-corrected chi connectivity index (χ4v) is 6.12. The Morgan fingerprint density at radius 3 is 2.35 bits per heavy atom. The number of carboxylic acid groups (broad SMARTS) is 1. The van der Waals surface area contributed by atoms with Crippen LogP contribution in [-0.2, 0) is 13.9 Å². The van der Waals surface area contributed by atoms with Gasteiger partial charge in [0, 0.05) is 13.1 Å². The van der Waals surface area contributed by atoms with Crippen LogP contribution in [0.25, 0.3) is 0 Å². The number of β-amino-alcohol motifs (C(OH)–C–C–N with tert-alkyl or cyclic N) is 1. The summed E-state index contributed by atoms with van der Waals surface area (Å²) in [5.74, 6) is -0.875.